The van der Waals surface area contributed by atoms with Gasteiger partial charge in [0.15, 0.2) is 0 Å². The number of likely N-dealkylation sites (tertiary alicyclic amines) is 1. The molecule has 0 saturated carbocycles. The lowest BCUT2D eigenvalue weighted by atomic mass is 9.96. The summed E-state index contributed by atoms with van der Waals surface area (Å²) in [5.74, 6) is -4.57. The van der Waals surface area contributed by atoms with Crippen molar-refractivity contribution in [2.45, 2.75) is 12.7 Å². The van der Waals surface area contributed by atoms with Gasteiger partial charge in [0.1, 0.15) is 0 Å². The van der Waals surface area contributed by atoms with Crippen LogP contribution in [0.4, 0.5) is 13.2 Å². The molecule has 2 atom stereocenters. The van der Waals surface area contributed by atoms with Crippen molar-refractivity contribution in [2.24, 2.45) is 11.8 Å². The van der Waals surface area contributed by atoms with E-state index in [0.29, 0.717) is 6.54 Å². The van der Waals surface area contributed by atoms with Crippen LogP contribution in [0.3, 0.4) is 0 Å². The van der Waals surface area contributed by atoms with Crippen LogP contribution in [0.2, 0.25) is 0 Å². The van der Waals surface area contributed by atoms with E-state index in [1.807, 2.05) is 12.1 Å². The molecule has 0 aromatic heterocycles. The molecule has 1 aromatic carbocycles. The second-order valence-electron chi connectivity index (χ2n) is 4.92. The summed E-state index contributed by atoms with van der Waals surface area (Å²) in [4.78, 5) is 12.5. The SMILES string of the molecule is O=C(O)[C@@H]1CN(Cc2cccc(Br)c2)C[C@H]1C(F)(F)F. The van der Waals surface area contributed by atoms with Crippen molar-refractivity contribution in [1.29, 1.82) is 0 Å². The van der Waals surface area contributed by atoms with Crippen molar-refractivity contribution in [3.05, 3.63) is 34.3 Å². The predicted octanol–water partition coefficient (Wildman–Crippen LogP) is 3.14. The zero-order valence-corrected chi connectivity index (χ0v) is 12.0. The van der Waals surface area contributed by atoms with Gasteiger partial charge in [0.2, 0.25) is 0 Å². The molecule has 7 heteroatoms. The highest BCUT2D eigenvalue weighted by atomic mass is 79.9. The summed E-state index contributed by atoms with van der Waals surface area (Å²) >= 11 is 3.30. The summed E-state index contributed by atoms with van der Waals surface area (Å²) in [6, 6.07) is 7.25. The van der Waals surface area contributed by atoms with Crippen LogP contribution in [-0.2, 0) is 11.3 Å². The number of alkyl halides is 3. The molecule has 1 heterocycles. The Morgan fingerprint density at radius 3 is 2.60 bits per heavy atom. The van der Waals surface area contributed by atoms with Crippen LogP contribution in [0.5, 0.6) is 0 Å². The number of carboxylic acids is 1. The topological polar surface area (TPSA) is 40.5 Å². The Morgan fingerprint density at radius 2 is 2.10 bits per heavy atom. The van der Waals surface area contributed by atoms with E-state index in [1.54, 1.807) is 17.0 Å². The predicted molar refractivity (Wildman–Crippen MR) is 70.1 cm³/mol. The number of rotatable bonds is 3. The molecule has 0 aliphatic carbocycles. The number of halogens is 4. The molecule has 1 saturated heterocycles. The van der Waals surface area contributed by atoms with Crippen LogP contribution in [0.25, 0.3) is 0 Å². The first kappa shape index (κ1) is 15.3. The molecule has 3 nitrogen and oxygen atoms in total. The van der Waals surface area contributed by atoms with Crippen molar-refractivity contribution in [3.63, 3.8) is 0 Å². The highest BCUT2D eigenvalue weighted by Crippen LogP contribution is 2.38. The fourth-order valence-electron chi connectivity index (χ4n) is 2.49. The zero-order valence-electron chi connectivity index (χ0n) is 10.4. The molecule has 1 N–H and O–H groups in total. The molecule has 110 valence electrons. The van der Waals surface area contributed by atoms with Gasteiger partial charge in [-0.25, -0.2) is 0 Å². The molecule has 0 unspecified atom stereocenters. The van der Waals surface area contributed by atoms with Gasteiger partial charge in [0, 0.05) is 24.1 Å². The second kappa shape index (κ2) is 5.73. The van der Waals surface area contributed by atoms with Crippen LogP contribution in [-0.4, -0.2) is 35.2 Å². The molecule has 2 rings (SSSR count). The van der Waals surface area contributed by atoms with E-state index in [9.17, 15) is 18.0 Å². The number of hydrogen-bond donors (Lipinski definition) is 1. The van der Waals surface area contributed by atoms with Crippen molar-refractivity contribution in [2.75, 3.05) is 13.1 Å². The minimum Gasteiger partial charge on any atom is -0.481 e. The van der Waals surface area contributed by atoms with E-state index in [4.69, 9.17) is 5.11 Å². The standard InChI is InChI=1S/C13H13BrF3NO2/c14-9-3-1-2-8(4-9)5-18-6-10(12(19)20)11(7-18)13(15,16)17/h1-4,10-11H,5-7H2,(H,19,20)/t10-,11-/m1/s1. The Bertz CT molecular complexity index is 507. The highest BCUT2D eigenvalue weighted by molar-refractivity contribution is 9.10. The Balaban J connectivity index is 2.10. The molecular formula is C13H13BrF3NO2. The summed E-state index contributed by atoms with van der Waals surface area (Å²) in [6.45, 7) is -0.0329. The van der Waals surface area contributed by atoms with Crippen LogP contribution in [0.1, 0.15) is 5.56 Å². The average Bonchev–Trinajstić information content (AvgIpc) is 2.73. The van der Waals surface area contributed by atoms with E-state index < -0.39 is 24.0 Å². The van der Waals surface area contributed by atoms with Crippen LogP contribution in [0.15, 0.2) is 28.7 Å². The minimum absolute atomic E-state index is 0.0774. The normalized spacial score (nSPS) is 24.0. The van der Waals surface area contributed by atoms with E-state index in [2.05, 4.69) is 15.9 Å². The van der Waals surface area contributed by atoms with E-state index in [1.165, 1.54) is 0 Å². The van der Waals surface area contributed by atoms with Gasteiger partial charge in [-0.15, -0.1) is 0 Å². The van der Waals surface area contributed by atoms with Gasteiger partial charge in [-0.05, 0) is 17.7 Å². The maximum atomic E-state index is 12.8. The largest absolute Gasteiger partial charge is 0.481 e. The van der Waals surface area contributed by atoms with Gasteiger partial charge in [-0.3, -0.25) is 9.69 Å². The average molecular weight is 352 g/mol. The van der Waals surface area contributed by atoms with Crippen LogP contribution < -0.4 is 0 Å². The third-order valence-corrected chi connectivity index (χ3v) is 3.92. The molecule has 0 radical (unpaired) electrons. The van der Waals surface area contributed by atoms with Crippen molar-refractivity contribution in [1.82, 2.24) is 4.90 Å². The van der Waals surface area contributed by atoms with Crippen molar-refractivity contribution < 1.29 is 23.1 Å². The van der Waals surface area contributed by atoms with Crippen molar-refractivity contribution in [3.8, 4) is 0 Å². The summed E-state index contributed by atoms with van der Waals surface area (Å²) in [6.07, 6.45) is -4.48. The molecule has 1 aliphatic rings. The summed E-state index contributed by atoms with van der Waals surface area (Å²) in [5, 5.41) is 8.94. The van der Waals surface area contributed by atoms with Gasteiger partial charge in [0.05, 0.1) is 11.8 Å². The maximum absolute atomic E-state index is 12.8. The minimum atomic E-state index is -4.48. The first-order valence-corrected chi connectivity index (χ1v) is 6.83. The Kier molecular flexibility index (Phi) is 4.39. The maximum Gasteiger partial charge on any atom is 0.393 e. The fraction of sp³-hybridized carbons (Fsp3) is 0.462. The summed E-state index contributed by atoms with van der Waals surface area (Å²) in [7, 11) is 0. The molecule has 0 bridgehead atoms. The number of benzene rings is 1. The monoisotopic (exact) mass is 351 g/mol. The first-order chi connectivity index (χ1) is 9.27. The van der Waals surface area contributed by atoms with E-state index in [-0.39, 0.29) is 13.1 Å². The van der Waals surface area contributed by atoms with E-state index in [0.717, 1.165) is 10.0 Å². The fourth-order valence-corrected chi connectivity index (χ4v) is 2.94. The molecule has 1 aromatic rings. The molecule has 20 heavy (non-hydrogen) atoms. The molecule has 1 aliphatic heterocycles. The van der Waals surface area contributed by atoms with Crippen LogP contribution >= 0.6 is 15.9 Å². The molecule has 0 spiro atoms. The third kappa shape index (κ3) is 3.52. The zero-order chi connectivity index (χ0) is 14.9. The Morgan fingerprint density at radius 1 is 1.40 bits per heavy atom. The van der Waals surface area contributed by atoms with Gasteiger partial charge in [0.25, 0.3) is 0 Å². The Hall–Kier alpha value is -1.08. The number of carbonyl (C=O) groups is 1. The lowest BCUT2D eigenvalue weighted by Crippen LogP contribution is -2.33. The number of hydrogen-bond acceptors (Lipinski definition) is 2. The van der Waals surface area contributed by atoms with Gasteiger partial charge in [-0.2, -0.15) is 13.2 Å². The van der Waals surface area contributed by atoms with E-state index >= 15 is 0 Å². The van der Waals surface area contributed by atoms with Crippen molar-refractivity contribution >= 4 is 21.9 Å². The number of aliphatic carboxylic acids is 1. The van der Waals surface area contributed by atoms with Crippen LogP contribution in [0, 0.1) is 11.8 Å². The number of nitrogens with zero attached hydrogens (tertiary/aromatic N) is 1. The highest BCUT2D eigenvalue weighted by Gasteiger charge is 2.52. The van der Waals surface area contributed by atoms with Gasteiger partial charge < -0.3 is 5.11 Å². The summed E-state index contributed by atoms with van der Waals surface area (Å²) < 4.78 is 39.4. The molecule has 0 amide bonds. The smallest absolute Gasteiger partial charge is 0.393 e. The quantitative estimate of drug-likeness (QED) is 0.909. The molecule has 1 fully saturated rings. The Labute approximate surface area is 122 Å². The molecular weight excluding hydrogens is 339 g/mol. The number of carboxylic acid groups (broad SMARTS) is 1. The summed E-state index contributed by atoms with van der Waals surface area (Å²) in [5.41, 5.74) is 0.853. The third-order valence-electron chi connectivity index (χ3n) is 3.43. The lowest BCUT2D eigenvalue weighted by molar-refractivity contribution is -0.188. The van der Waals surface area contributed by atoms with Gasteiger partial charge >= 0.3 is 12.1 Å². The lowest BCUT2D eigenvalue weighted by Gasteiger charge is -2.18. The second-order valence-corrected chi connectivity index (χ2v) is 5.83. The first-order valence-electron chi connectivity index (χ1n) is 6.03. The van der Waals surface area contributed by atoms with Gasteiger partial charge in [-0.1, -0.05) is 28.1 Å².